The number of anilines is 1. The molecule has 21 heavy (non-hydrogen) atoms. The van der Waals surface area contributed by atoms with Gasteiger partial charge in [-0.2, -0.15) is 0 Å². The van der Waals surface area contributed by atoms with Crippen LogP contribution in [0.2, 0.25) is 0 Å². The SMILES string of the molecule is COc1ccc([N+](=O)[O-])cc1NC(C)c1cc(C)oc1C. The molecule has 1 heterocycles. The van der Waals surface area contributed by atoms with E-state index in [1.54, 1.807) is 6.07 Å². The summed E-state index contributed by atoms with van der Waals surface area (Å²) in [5.74, 6) is 2.23. The van der Waals surface area contributed by atoms with E-state index in [1.807, 2.05) is 26.8 Å². The van der Waals surface area contributed by atoms with Crippen LogP contribution in [0.4, 0.5) is 11.4 Å². The van der Waals surface area contributed by atoms with Crippen molar-refractivity contribution in [2.24, 2.45) is 0 Å². The Labute approximate surface area is 122 Å². The number of hydrogen-bond donors (Lipinski definition) is 1. The highest BCUT2D eigenvalue weighted by Gasteiger charge is 2.17. The van der Waals surface area contributed by atoms with Crippen molar-refractivity contribution in [3.63, 3.8) is 0 Å². The van der Waals surface area contributed by atoms with Gasteiger partial charge < -0.3 is 14.5 Å². The maximum absolute atomic E-state index is 10.9. The molecule has 1 unspecified atom stereocenters. The Hall–Kier alpha value is -2.50. The number of nitrogens with zero attached hydrogens (tertiary/aromatic N) is 1. The summed E-state index contributed by atoms with van der Waals surface area (Å²) in [6.45, 7) is 5.75. The predicted molar refractivity (Wildman–Crippen MR) is 79.9 cm³/mol. The molecule has 0 spiro atoms. The van der Waals surface area contributed by atoms with Crippen LogP contribution >= 0.6 is 0 Å². The topological polar surface area (TPSA) is 77.5 Å². The molecule has 0 aliphatic rings. The number of furan rings is 1. The number of benzene rings is 1. The minimum absolute atomic E-state index is 0.0191. The van der Waals surface area contributed by atoms with E-state index in [9.17, 15) is 10.1 Å². The van der Waals surface area contributed by atoms with Gasteiger partial charge in [0.05, 0.1) is 23.8 Å². The summed E-state index contributed by atoms with van der Waals surface area (Å²) in [6.07, 6.45) is 0. The summed E-state index contributed by atoms with van der Waals surface area (Å²) in [4.78, 5) is 10.5. The number of rotatable bonds is 5. The minimum Gasteiger partial charge on any atom is -0.495 e. The number of nitro benzene ring substituents is 1. The molecule has 6 nitrogen and oxygen atoms in total. The molecule has 0 aliphatic heterocycles. The molecule has 0 aliphatic carbocycles. The van der Waals surface area contributed by atoms with Gasteiger partial charge in [0, 0.05) is 17.7 Å². The van der Waals surface area contributed by atoms with Crippen molar-refractivity contribution in [2.45, 2.75) is 26.8 Å². The molecular formula is C15H18N2O4. The van der Waals surface area contributed by atoms with Crippen molar-refractivity contribution in [3.05, 3.63) is 51.5 Å². The van der Waals surface area contributed by atoms with Crippen molar-refractivity contribution in [1.29, 1.82) is 0 Å². The molecule has 6 heteroatoms. The molecule has 2 aromatic rings. The third-order valence-corrected chi connectivity index (χ3v) is 3.31. The summed E-state index contributed by atoms with van der Waals surface area (Å²) < 4.78 is 10.8. The number of nitrogens with one attached hydrogen (secondary N) is 1. The fourth-order valence-corrected chi connectivity index (χ4v) is 2.31. The quantitative estimate of drug-likeness (QED) is 0.665. The highest BCUT2D eigenvalue weighted by atomic mass is 16.6. The van der Waals surface area contributed by atoms with Crippen molar-refractivity contribution >= 4 is 11.4 Å². The smallest absolute Gasteiger partial charge is 0.271 e. The van der Waals surface area contributed by atoms with Crippen LogP contribution in [-0.4, -0.2) is 12.0 Å². The Morgan fingerprint density at radius 2 is 2.05 bits per heavy atom. The Morgan fingerprint density at radius 3 is 2.57 bits per heavy atom. The zero-order chi connectivity index (χ0) is 15.6. The van der Waals surface area contributed by atoms with Crippen LogP contribution in [0.1, 0.15) is 30.0 Å². The van der Waals surface area contributed by atoms with Crippen LogP contribution < -0.4 is 10.1 Å². The second-order valence-corrected chi connectivity index (χ2v) is 4.88. The van der Waals surface area contributed by atoms with Crippen LogP contribution in [0.25, 0.3) is 0 Å². The largest absolute Gasteiger partial charge is 0.495 e. The summed E-state index contributed by atoms with van der Waals surface area (Å²) in [7, 11) is 1.53. The van der Waals surface area contributed by atoms with E-state index in [0.29, 0.717) is 11.4 Å². The summed E-state index contributed by atoms with van der Waals surface area (Å²) in [5.41, 5.74) is 1.61. The van der Waals surface area contributed by atoms with E-state index in [0.717, 1.165) is 17.1 Å². The van der Waals surface area contributed by atoms with Crippen LogP contribution in [-0.2, 0) is 0 Å². The minimum atomic E-state index is -0.428. The van der Waals surface area contributed by atoms with Gasteiger partial charge >= 0.3 is 0 Å². The third kappa shape index (κ3) is 3.16. The van der Waals surface area contributed by atoms with Crippen molar-refractivity contribution < 1.29 is 14.1 Å². The first kappa shape index (κ1) is 14.9. The van der Waals surface area contributed by atoms with Gasteiger partial charge in [-0.25, -0.2) is 0 Å². The zero-order valence-corrected chi connectivity index (χ0v) is 12.5. The molecule has 0 radical (unpaired) electrons. The van der Waals surface area contributed by atoms with Gasteiger partial charge in [0.1, 0.15) is 17.3 Å². The van der Waals surface area contributed by atoms with Gasteiger partial charge in [-0.15, -0.1) is 0 Å². The molecule has 1 atom stereocenters. The number of hydrogen-bond acceptors (Lipinski definition) is 5. The zero-order valence-electron chi connectivity index (χ0n) is 12.5. The van der Waals surface area contributed by atoms with Gasteiger partial charge in [-0.1, -0.05) is 0 Å². The molecule has 1 aromatic heterocycles. The maximum Gasteiger partial charge on any atom is 0.271 e. The molecule has 0 saturated heterocycles. The van der Waals surface area contributed by atoms with E-state index in [-0.39, 0.29) is 11.7 Å². The van der Waals surface area contributed by atoms with E-state index in [2.05, 4.69) is 5.32 Å². The summed E-state index contributed by atoms with van der Waals surface area (Å²) in [6, 6.07) is 6.37. The van der Waals surface area contributed by atoms with Crippen molar-refractivity contribution in [1.82, 2.24) is 0 Å². The average Bonchev–Trinajstić information content (AvgIpc) is 2.77. The van der Waals surface area contributed by atoms with Crippen LogP contribution in [0, 0.1) is 24.0 Å². The van der Waals surface area contributed by atoms with E-state index < -0.39 is 4.92 Å². The first-order chi connectivity index (χ1) is 9.92. The van der Waals surface area contributed by atoms with Gasteiger partial charge in [0.15, 0.2) is 0 Å². The number of non-ortho nitro benzene ring substituents is 1. The number of methoxy groups -OCH3 is 1. The molecule has 1 aromatic carbocycles. The van der Waals surface area contributed by atoms with Crippen molar-refractivity contribution in [2.75, 3.05) is 12.4 Å². The fraction of sp³-hybridized carbons (Fsp3) is 0.333. The molecule has 112 valence electrons. The second-order valence-electron chi connectivity index (χ2n) is 4.88. The van der Waals surface area contributed by atoms with E-state index >= 15 is 0 Å². The number of aryl methyl sites for hydroxylation is 2. The number of nitro groups is 1. The Kier molecular flexibility index (Phi) is 4.16. The monoisotopic (exact) mass is 290 g/mol. The van der Waals surface area contributed by atoms with Crippen molar-refractivity contribution in [3.8, 4) is 5.75 Å². The van der Waals surface area contributed by atoms with Gasteiger partial charge in [0.2, 0.25) is 0 Å². The Morgan fingerprint density at radius 1 is 1.33 bits per heavy atom. The maximum atomic E-state index is 10.9. The molecule has 0 bridgehead atoms. The Bertz CT molecular complexity index is 664. The number of ether oxygens (including phenoxy) is 1. The summed E-state index contributed by atoms with van der Waals surface area (Å²) in [5, 5.41) is 14.1. The average molecular weight is 290 g/mol. The first-order valence-electron chi connectivity index (χ1n) is 6.58. The molecule has 2 rings (SSSR count). The highest BCUT2D eigenvalue weighted by molar-refractivity contribution is 5.62. The van der Waals surface area contributed by atoms with Crippen LogP contribution in [0.15, 0.2) is 28.7 Å². The van der Waals surface area contributed by atoms with Crippen LogP contribution in [0.5, 0.6) is 5.75 Å². The lowest BCUT2D eigenvalue weighted by atomic mass is 10.1. The lowest BCUT2D eigenvalue weighted by Gasteiger charge is -2.17. The third-order valence-electron chi connectivity index (χ3n) is 3.31. The first-order valence-corrected chi connectivity index (χ1v) is 6.58. The summed E-state index contributed by atoms with van der Waals surface area (Å²) >= 11 is 0. The molecule has 0 fully saturated rings. The van der Waals surface area contributed by atoms with Gasteiger partial charge in [0.25, 0.3) is 5.69 Å². The fourth-order valence-electron chi connectivity index (χ4n) is 2.31. The lowest BCUT2D eigenvalue weighted by Crippen LogP contribution is -2.08. The van der Waals surface area contributed by atoms with E-state index in [4.69, 9.17) is 9.15 Å². The normalized spacial score (nSPS) is 12.0. The predicted octanol–water partition coefficient (Wildman–Crippen LogP) is 3.99. The molecule has 0 amide bonds. The van der Waals surface area contributed by atoms with Gasteiger partial charge in [-0.3, -0.25) is 10.1 Å². The second kappa shape index (κ2) is 5.87. The molecule has 0 saturated carbocycles. The lowest BCUT2D eigenvalue weighted by molar-refractivity contribution is -0.384. The molecule has 1 N–H and O–H groups in total. The van der Waals surface area contributed by atoms with E-state index in [1.165, 1.54) is 19.2 Å². The standard InChI is InChI=1S/C15H18N2O4/c1-9-7-13(11(3)21-9)10(2)16-14-8-12(17(18)19)5-6-15(14)20-4/h5-8,10,16H,1-4H3. The van der Waals surface area contributed by atoms with Crippen LogP contribution in [0.3, 0.4) is 0 Å². The highest BCUT2D eigenvalue weighted by Crippen LogP contribution is 2.33. The molecular weight excluding hydrogens is 272 g/mol. The van der Waals surface area contributed by atoms with Gasteiger partial charge in [-0.05, 0) is 32.9 Å². The Balaban J connectivity index is 2.31.